The van der Waals surface area contributed by atoms with E-state index in [0.717, 1.165) is 25.3 Å². The summed E-state index contributed by atoms with van der Waals surface area (Å²) < 4.78 is 0. The van der Waals surface area contributed by atoms with E-state index < -0.39 is 0 Å². The number of aromatic nitrogens is 3. The average Bonchev–Trinajstić information content (AvgIpc) is 2.63. The summed E-state index contributed by atoms with van der Waals surface area (Å²) in [5.74, 6) is 4.28. The van der Waals surface area contributed by atoms with Gasteiger partial charge in [0, 0.05) is 12.6 Å². The van der Waals surface area contributed by atoms with Crippen molar-refractivity contribution in [2.45, 2.75) is 12.8 Å². The molecular formula is C17H21N7. The number of nitrogens with two attached hydrogens (primary N) is 1. The number of nitrogens with one attached hydrogen (secondary N) is 3. The summed E-state index contributed by atoms with van der Waals surface area (Å²) in [6, 6.07) is 1.88. The van der Waals surface area contributed by atoms with Crippen LogP contribution < -0.4 is 21.7 Å². The molecule has 0 radical (unpaired) electrons. The molecular weight excluding hydrogens is 302 g/mol. The molecule has 1 saturated heterocycles. The van der Waals surface area contributed by atoms with Crippen LogP contribution in [0.25, 0.3) is 0 Å². The van der Waals surface area contributed by atoms with Gasteiger partial charge in [-0.3, -0.25) is 0 Å². The summed E-state index contributed by atoms with van der Waals surface area (Å²) in [6.07, 6.45) is 12.5. The Labute approximate surface area is 141 Å². The van der Waals surface area contributed by atoms with E-state index in [1.165, 1.54) is 19.0 Å². The monoisotopic (exact) mass is 323 g/mol. The highest BCUT2D eigenvalue weighted by molar-refractivity contribution is 5.70. The normalized spacial score (nSPS) is 17.0. The molecule has 7 nitrogen and oxygen atoms in total. The lowest BCUT2D eigenvalue weighted by molar-refractivity contribution is 0.393. The van der Waals surface area contributed by atoms with Gasteiger partial charge in [-0.05, 0) is 37.8 Å². The molecule has 0 saturated carbocycles. The van der Waals surface area contributed by atoms with Crippen LogP contribution in [-0.4, -0.2) is 34.6 Å². The number of hydrogen-bond acceptors (Lipinski definition) is 7. The number of hydrogen-bond donors (Lipinski definition) is 4. The van der Waals surface area contributed by atoms with Crippen molar-refractivity contribution in [1.29, 1.82) is 0 Å². The maximum atomic E-state index is 6.02. The van der Waals surface area contributed by atoms with Crippen molar-refractivity contribution in [3.05, 3.63) is 30.4 Å². The molecule has 24 heavy (non-hydrogen) atoms. The van der Waals surface area contributed by atoms with E-state index >= 15 is 0 Å². The Morgan fingerprint density at radius 3 is 2.83 bits per heavy atom. The molecule has 3 heterocycles. The number of pyridine rings is 1. The average molecular weight is 323 g/mol. The molecule has 124 valence electrons. The van der Waals surface area contributed by atoms with Crippen LogP contribution in [0.15, 0.2) is 24.7 Å². The molecule has 1 aliphatic heterocycles. The first-order chi connectivity index (χ1) is 11.7. The van der Waals surface area contributed by atoms with Crippen LogP contribution >= 0.6 is 0 Å². The predicted molar refractivity (Wildman–Crippen MR) is 96.0 cm³/mol. The Kier molecular flexibility index (Phi) is 5.08. The summed E-state index contributed by atoms with van der Waals surface area (Å²) in [6.45, 7) is 3.04. The number of nitrogens with zero attached hydrogens (tertiary/aromatic N) is 3. The third-order valence-corrected chi connectivity index (χ3v) is 3.97. The number of terminal acetylenes is 1. The molecule has 0 spiro atoms. The molecule has 0 aromatic carbocycles. The van der Waals surface area contributed by atoms with E-state index in [1.54, 1.807) is 12.4 Å². The molecule has 1 aliphatic rings. The third kappa shape index (κ3) is 4.12. The van der Waals surface area contributed by atoms with Gasteiger partial charge in [0.15, 0.2) is 0 Å². The molecule has 0 amide bonds. The zero-order valence-electron chi connectivity index (χ0n) is 13.4. The summed E-state index contributed by atoms with van der Waals surface area (Å²) in [5, 5.41) is 9.93. The van der Waals surface area contributed by atoms with Crippen molar-refractivity contribution >= 4 is 23.0 Å². The quantitative estimate of drug-likeness (QED) is 0.620. The number of anilines is 4. The molecule has 7 heteroatoms. The van der Waals surface area contributed by atoms with Gasteiger partial charge < -0.3 is 21.7 Å². The molecule has 1 atom stereocenters. The van der Waals surface area contributed by atoms with E-state index in [-0.39, 0.29) is 0 Å². The van der Waals surface area contributed by atoms with Gasteiger partial charge >= 0.3 is 0 Å². The first-order valence-corrected chi connectivity index (χ1v) is 8.00. The summed E-state index contributed by atoms with van der Waals surface area (Å²) in [7, 11) is 0. The van der Waals surface area contributed by atoms with Crippen molar-refractivity contribution in [3.63, 3.8) is 0 Å². The number of rotatable bonds is 5. The van der Waals surface area contributed by atoms with E-state index in [1.807, 2.05) is 6.07 Å². The highest BCUT2D eigenvalue weighted by Gasteiger charge is 2.13. The van der Waals surface area contributed by atoms with Gasteiger partial charge in [-0.2, -0.15) is 0 Å². The van der Waals surface area contributed by atoms with E-state index in [2.05, 4.69) is 36.8 Å². The topological polar surface area (TPSA) is 101 Å². The van der Waals surface area contributed by atoms with Gasteiger partial charge in [-0.1, -0.05) is 0 Å². The maximum Gasteiger partial charge on any atom is 0.150 e. The Morgan fingerprint density at radius 2 is 2.12 bits per heavy atom. The second-order valence-corrected chi connectivity index (χ2v) is 5.81. The van der Waals surface area contributed by atoms with Crippen LogP contribution in [0.2, 0.25) is 0 Å². The van der Waals surface area contributed by atoms with Crippen LogP contribution in [0.1, 0.15) is 18.5 Å². The van der Waals surface area contributed by atoms with Gasteiger partial charge in [0.1, 0.15) is 17.3 Å². The van der Waals surface area contributed by atoms with Gasteiger partial charge in [0.2, 0.25) is 0 Å². The van der Waals surface area contributed by atoms with Gasteiger partial charge in [0.25, 0.3) is 0 Å². The molecule has 1 fully saturated rings. The van der Waals surface area contributed by atoms with E-state index in [9.17, 15) is 0 Å². The Bertz CT molecular complexity index is 715. The van der Waals surface area contributed by atoms with Gasteiger partial charge in [-0.15, -0.1) is 6.42 Å². The second kappa shape index (κ2) is 7.62. The largest absolute Gasteiger partial charge is 0.396 e. The number of piperidine rings is 1. The van der Waals surface area contributed by atoms with Crippen molar-refractivity contribution in [3.8, 4) is 12.3 Å². The first-order valence-electron chi connectivity index (χ1n) is 8.00. The van der Waals surface area contributed by atoms with Gasteiger partial charge in [0.05, 0.1) is 30.0 Å². The fourth-order valence-corrected chi connectivity index (χ4v) is 2.64. The molecule has 0 bridgehead atoms. The number of nitrogen functional groups attached to an aromatic ring is 1. The van der Waals surface area contributed by atoms with Crippen molar-refractivity contribution < 1.29 is 0 Å². The maximum absolute atomic E-state index is 6.02. The summed E-state index contributed by atoms with van der Waals surface area (Å²) >= 11 is 0. The highest BCUT2D eigenvalue weighted by Crippen LogP contribution is 2.23. The zero-order chi connectivity index (χ0) is 16.8. The van der Waals surface area contributed by atoms with E-state index in [4.69, 9.17) is 12.2 Å². The van der Waals surface area contributed by atoms with Crippen LogP contribution in [0.4, 0.5) is 23.0 Å². The van der Waals surface area contributed by atoms with Crippen LogP contribution in [0.5, 0.6) is 0 Å². The highest BCUT2D eigenvalue weighted by atomic mass is 15.1. The van der Waals surface area contributed by atoms with Crippen molar-refractivity contribution in [1.82, 2.24) is 20.3 Å². The standard InChI is InChI=1S/C17H21N7/c1-2-13-9-22-17(11-20-13)24-16-6-15(14(18)10-23-16)21-8-12-4-3-5-19-7-12/h1,6,9-12,19H,3-5,7-8,18H2,(H2,21,22,23,24). The minimum absolute atomic E-state index is 0.495. The van der Waals surface area contributed by atoms with Crippen LogP contribution in [0, 0.1) is 18.3 Å². The van der Waals surface area contributed by atoms with Gasteiger partial charge in [-0.25, -0.2) is 15.0 Å². The van der Waals surface area contributed by atoms with E-state index in [0.29, 0.717) is 28.9 Å². The Hall–Kier alpha value is -2.85. The SMILES string of the molecule is C#Cc1cnc(Nc2cc(NCC3CCCNC3)c(N)cn2)cn1. The predicted octanol–water partition coefficient (Wildman–Crippen LogP) is 1.59. The molecule has 3 rings (SSSR count). The molecule has 5 N–H and O–H groups in total. The molecule has 0 aliphatic carbocycles. The Morgan fingerprint density at radius 1 is 1.25 bits per heavy atom. The lowest BCUT2D eigenvalue weighted by atomic mass is 10.00. The minimum atomic E-state index is 0.495. The first kappa shape index (κ1) is 16.0. The van der Waals surface area contributed by atoms with Crippen molar-refractivity contribution in [2.75, 3.05) is 36.0 Å². The fourth-order valence-electron chi connectivity index (χ4n) is 2.64. The zero-order valence-corrected chi connectivity index (χ0v) is 13.4. The molecule has 2 aromatic rings. The summed E-state index contributed by atoms with van der Waals surface area (Å²) in [4.78, 5) is 12.6. The van der Waals surface area contributed by atoms with Crippen LogP contribution in [0.3, 0.4) is 0 Å². The summed E-state index contributed by atoms with van der Waals surface area (Å²) in [5.41, 5.74) is 8.00. The minimum Gasteiger partial charge on any atom is -0.396 e. The smallest absolute Gasteiger partial charge is 0.150 e. The second-order valence-electron chi connectivity index (χ2n) is 5.81. The Balaban J connectivity index is 1.65. The van der Waals surface area contributed by atoms with Crippen LogP contribution in [-0.2, 0) is 0 Å². The fraction of sp³-hybridized carbons (Fsp3) is 0.353. The van der Waals surface area contributed by atoms with Crippen molar-refractivity contribution in [2.24, 2.45) is 5.92 Å². The molecule has 2 aromatic heterocycles. The molecule has 1 unspecified atom stereocenters. The lowest BCUT2D eigenvalue weighted by Crippen LogP contribution is -2.33. The third-order valence-electron chi connectivity index (χ3n) is 3.97. The lowest BCUT2D eigenvalue weighted by Gasteiger charge is -2.23.